The number of fused-ring (bicyclic) bond motifs is 1. The van der Waals surface area contributed by atoms with Crippen LogP contribution in [0.5, 0.6) is 0 Å². The van der Waals surface area contributed by atoms with E-state index in [4.69, 9.17) is 0 Å². The van der Waals surface area contributed by atoms with Crippen LogP contribution in [0.3, 0.4) is 0 Å². The molecular formula is C21H27N5O4S. The fraction of sp³-hybridized carbons (Fsp3) is 0.381. The quantitative estimate of drug-likeness (QED) is 0.495. The number of sulfonamides is 1. The molecule has 0 aliphatic heterocycles. The molecule has 2 heterocycles. The molecule has 9 nitrogen and oxygen atoms in total. The van der Waals surface area contributed by atoms with Crippen LogP contribution in [-0.4, -0.2) is 40.0 Å². The summed E-state index contributed by atoms with van der Waals surface area (Å²) in [7, 11) is -1.93. The molecule has 3 rings (SSSR count). The normalized spacial score (nSPS) is 12.9. The number of benzene rings is 1. The Morgan fingerprint density at radius 2 is 1.71 bits per heavy atom. The van der Waals surface area contributed by atoms with Crippen molar-refractivity contribution in [2.24, 2.45) is 7.05 Å². The van der Waals surface area contributed by atoms with Gasteiger partial charge in [-0.1, -0.05) is 24.3 Å². The molecule has 3 aromatic rings. The highest BCUT2D eigenvalue weighted by molar-refractivity contribution is 7.88. The molecule has 0 saturated heterocycles. The minimum Gasteiger partial charge on any atom is -0.386 e. The van der Waals surface area contributed by atoms with Crippen LogP contribution in [-0.2, 0) is 22.7 Å². The highest BCUT2D eigenvalue weighted by atomic mass is 32.2. The van der Waals surface area contributed by atoms with Crippen LogP contribution in [0.25, 0.3) is 22.2 Å². The number of nitrogens with zero attached hydrogens (tertiary/aromatic N) is 3. The minimum atomic E-state index is -3.52. The van der Waals surface area contributed by atoms with Crippen LogP contribution in [0.4, 0.5) is 5.82 Å². The highest BCUT2D eigenvalue weighted by Crippen LogP contribution is 2.28. The molecule has 0 aliphatic rings. The second-order valence-electron chi connectivity index (χ2n) is 8.67. The first kappa shape index (κ1) is 22.9. The van der Waals surface area contributed by atoms with Crippen molar-refractivity contribution in [3.63, 3.8) is 0 Å². The van der Waals surface area contributed by atoms with Gasteiger partial charge in [-0.05, 0) is 39.3 Å². The predicted octanol–water partition coefficient (Wildman–Crippen LogP) is 1.92. The van der Waals surface area contributed by atoms with Crippen molar-refractivity contribution in [1.82, 2.24) is 19.3 Å². The second kappa shape index (κ2) is 7.70. The van der Waals surface area contributed by atoms with Gasteiger partial charge in [0.15, 0.2) is 0 Å². The molecule has 0 amide bonds. The lowest BCUT2D eigenvalue weighted by atomic mass is 9.96. The third-order valence-electron chi connectivity index (χ3n) is 4.66. The summed E-state index contributed by atoms with van der Waals surface area (Å²) in [5.41, 5.74) is 0.0920. The van der Waals surface area contributed by atoms with E-state index in [9.17, 15) is 18.3 Å². The summed E-state index contributed by atoms with van der Waals surface area (Å²) in [4.78, 5) is 21.8. The Bertz CT molecular complexity index is 1290. The summed E-state index contributed by atoms with van der Waals surface area (Å²) in [6.45, 7) is 6.67. The Morgan fingerprint density at radius 3 is 2.26 bits per heavy atom. The first-order valence-corrected chi connectivity index (χ1v) is 11.5. The zero-order chi connectivity index (χ0) is 23.2. The van der Waals surface area contributed by atoms with E-state index < -0.39 is 21.3 Å². The molecule has 1 aromatic carbocycles. The number of hydrogen-bond acceptors (Lipinski definition) is 7. The predicted molar refractivity (Wildman–Crippen MR) is 121 cm³/mol. The Balaban J connectivity index is 2.18. The van der Waals surface area contributed by atoms with E-state index in [-0.39, 0.29) is 16.8 Å². The summed E-state index contributed by atoms with van der Waals surface area (Å²) in [6, 6.07) is 8.97. The van der Waals surface area contributed by atoms with Gasteiger partial charge in [0.2, 0.25) is 10.0 Å². The van der Waals surface area contributed by atoms with Gasteiger partial charge in [-0.3, -0.25) is 4.79 Å². The van der Waals surface area contributed by atoms with Gasteiger partial charge in [-0.25, -0.2) is 18.4 Å². The third-order valence-corrected chi connectivity index (χ3v) is 5.54. The van der Waals surface area contributed by atoms with Crippen LogP contribution in [0.15, 0.2) is 41.5 Å². The van der Waals surface area contributed by atoms with E-state index >= 15 is 0 Å². The van der Waals surface area contributed by atoms with Crippen molar-refractivity contribution in [1.29, 1.82) is 0 Å². The molecule has 0 fully saturated rings. The molecule has 0 radical (unpaired) electrons. The Hall–Kier alpha value is -2.82. The molecule has 0 unspecified atom stereocenters. The molecule has 3 N–H and O–H groups in total. The first-order valence-electron chi connectivity index (χ1n) is 9.63. The van der Waals surface area contributed by atoms with Gasteiger partial charge in [0.05, 0.1) is 35.1 Å². The van der Waals surface area contributed by atoms with Crippen molar-refractivity contribution in [3.05, 3.63) is 52.6 Å². The Labute approximate surface area is 181 Å². The van der Waals surface area contributed by atoms with Gasteiger partial charge >= 0.3 is 0 Å². The lowest BCUT2D eigenvalue weighted by molar-refractivity contribution is 0.0786. The summed E-state index contributed by atoms with van der Waals surface area (Å²) in [6.07, 6.45) is 2.48. The van der Waals surface area contributed by atoms with Crippen molar-refractivity contribution in [3.8, 4) is 11.3 Å². The number of rotatable bonds is 6. The van der Waals surface area contributed by atoms with E-state index in [0.29, 0.717) is 11.2 Å². The molecule has 10 heteroatoms. The highest BCUT2D eigenvalue weighted by Gasteiger charge is 2.25. The molecule has 0 bridgehead atoms. The number of aliphatic hydroxyl groups is 1. The van der Waals surface area contributed by atoms with Gasteiger partial charge < -0.3 is 15.0 Å². The average molecular weight is 446 g/mol. The maximum atomic E-state index is 12.8. The summed E-state index contributed by atoms with van der Waals surface area (Å²) >= 11 is 0. The van der Waals surface area contributed by atoms with Crippen molar-refractivity contribution >= 4 is 26.7 Å². The van der Waals surface area contributed by atoms with Crippen molar-refractivity contribution in [2.75, 3.05) is 11.6 Å². The van der Waals surface area contributed by atoms with Gasteiger partial charge in [0.25, 0.3) is 5.56 Å². The van der Waals surface area contributed by atoms with Crippen LogP contribution in [0, 0.1) is 0 Å². The number of anilines is 1. The van der Waals surface area contributed by atoms with E-state index in [1.54, 1.807) is 52.9 Å². The first-order chi connectivity index (χ1) is 14.2. The van der Waals surface area contributed by atoms with Crippen molar-refractivity contribution in [2.45, 2.75) is 39.0 Å². The van der Waals surface area contributed by atoms with E-state index in [1.807, 2.05) is 12.1 Å². The van der Waals surface area contributed by atoms with Crippen LogP contribution >= 0.6 is 0 Å². The van der Waals surface area contributed by atoms with Crippen molar-refractivity contribution < 1.29 is 13.5 Å². The lowest BCUT2D eigenvalue weighted by Crippen LogP contribution is -2.49. The number of pyridine rings is 1. The molecular weight excluding hydrogens is 418 g/mol. The van der Waals surface area contributed by atoms with Gasteiger partial charge in [0, 0.05) is 12.6 Å². The number of aromatic nitrogens is 3. The zero-order valence-corrected chi connectivity index (χ0v) is 19.2. The van der Waals surface area contributed by atoms with Gasteiger partial charge in [-0.2, -0.15) is 4.72 Å². The summed E-state index contributed by atoms with van der Waals surface area (Å²) in [5.74, 6) is 0.217. The molecule has 0 atom stereocenters. The maximum absolute atomic E-state index is 12.8. The third kappa shape index (κ3) is 5.27. The molecule has 166 valence electrons. The van der Waals surface area contributed by atoms with E-state index in [2.05, 4.69) is 20.0 Å². The fourth-order valence-electron chi connectivity index (χ4n) is 3.29. The lowest BCUT2D eigenvalue weighted by Gasteiger charge is -2.27. The van der Waals surface area contributed by atoms with Crippen LogP contribution in [0.1, 0.15) is 33.3 Å². The molecule has 0 saturated carbocycles. The van der Waals surface area contributed by atoms with Gasteiger partial charge in [-0.15, -0.1) is 0 Å². The standard InChI is InChI=1S/C21H27N5O4S/c1-20(2,28)14-9-7-13(8-10-14)15-11-16-17(19(27)26(5)12-22-16)18(23-15)24-21(3,4)25-31(6,29)30/h7-12,25,28H,1-6H3,(H,23,24). The topological polar surface area (TPSA) is 126 Å². The van der Waals surface area contributed by atoms with E-state index in [0.717, 1.165) is 17.4 Å². The smallest absolute Gasteiger partial charge is 0.264 e. The molecule has 0 aliphatic carbocycles. The minimum absolute atomic E-state index is 0.217. The van der Waals surface area contributed by atoms with E-state index in [1.165, 1.54) is 10.9 Å². The monoisotopic (exact) mass is 445 g/mol. The number of nitrogens with one attached hydrogen (secondary N) is 2. The molecule has 31 heavy (non-hydrogen) atoms. The SMILES string of the molecule is Cn1cnc2cc(-c3ccc(C(C)(C)O)cc3)nc(NC(C)(C)NS(C)(=O)=O)c2c1=O. The fourth-order valence-corrected chi connectivity index (χ4v) is 4.27. The molecule has 2 aromatic heterocycles. The number of hydrogen-bond donors (Lipinski definition) is 3. The summed E-state index contributed by atoms with van der Waals surface area (Å²) < 4.78 is 27.3. The maximum Gasteiger partial charge on any atom is 0.264 e. The van der Waals surface area contributed by atoms with Gasteiger partial charge in [0.1, 0.15) is 11.2 Å². The largest absolute Gasteiger partial charge is 0.386 e. The molecule has 0 spiro atoms. The Morgan fingerprint density at radius 1 is 1.10 bits per heavy atom. The summed E-state index contributed by atoms with van der Waals surface area (Å²) in [5, 5.41) is 13.5. The van der Waals surface area contributed by atoms with Crippen LogP contribution in [0.2, 0.25) is 0 Å². The Kier molecular flexibility index (Phi) is 5.68. The number of aryl methyl sites for hydroxylation is 1. The average Bonchev–Trinajstić information content (AvgIpc) is 2.61. The second-order valence-corrected chi connectivity index (χ2v) is 10.4. The van der Waals surface area contributed by atoms with Crippen LogP contribution < -0.4 is 15.6 Å². The zero-order valence-electron chi connectivity index (χ0n) is 18.4.